The summed E-state index contributed by atoms with van der Waals surface area (Å²) < 4.78 is 2.01. The molecule has 2 heterocycles. The third kappa shape index (κ3) is 3.39. The van der Waals surface area contributed by atoms with Gasteiger partial charge in [-0.25, -0.2) is 4.98 Å². The molecule has 0 aliphatic carbocycles. The van der Waals surface area contributed by atoms with Crippen LogP contribution < -0.4 is 5.73 Å². The van der Waals surface area contributed by atoms with E-state index in [9.17, 15) is 0 Å². The Hall–Kier alpha value is -1.88. The van der Waals surface area contributed by atoms with Crippen LogP contribution in [-0.4, -0.2) is 14.5 Å². The predicted molar refractivity (Wildman–Crippen MR) is 93.6 cm³/mol. The maximum atomic E-state index is 6.32. The average Bonchev–Trinajstić information content (AvgIpc) is 2.92. The van der Waals surface area contributed by atoms with Crippen molar-refractivity contribution in [2.45, 2.75) is 19.5 Å². The first kappa shape index (κ1) is 16.0. The highest BCUT2D eigenvalue weighted by molar-refractivity contribution is 6.36. The van der Waals surface area contributed by atoms with Crippen molar-refractivity contribution in [1.82, 2.24) is 14.5 Å². The summed E-state index contributed by atoms with van der Waals surface area (Å²) in [5.74, 6) is 0. The van der Waals surface area contributed by atoms with Gasteiger partial charge in [0, 0.05) is 22.8 Å². The van der Waals surface area contributed by atoms with Crippen LogP contribution in [0.15, 0.2) is 48.9 Å². The van der Waals surface area contributed by atoms with Gasteiger partial charge in [-0.2, -0.15) is 0 Å². The Morgan fingerprint density at radius 3 is 2.65 bits per heavy atom. The lowest BCUT2D eigenvalue weighted by molar-refractivity contribution is 0.667. The number of hydrogen-bond acceptors (Lipinski definition) is 3. The molecule has 6 heteroatoms. The number of halogens is 2. The van der Waals surface area contributed by atoms with Crippen LogP contribution in [0.4, 0.5) is 0 Å². The summed E-state index contributed by atoms with van der Waals surface area (Å²) in [4.78, 5) is 8.87. The summed E-state index contributed by atoms with van der Waals surface area (Å²) in [7, 11) is 0. The molecule has 0 bridgehead atoms. The van der Waals surface area contributed by atoms with Gasteiger partial charge in [-0.15, -0.1) is 0 Å². The van der Waals surface area contributed by atoms with Crippen molar-refractivity contribution in [3.63, 3.8) is 0 Å². The van der Waals surface area contributed by atoms with Crippen LogP contribution >= 0.6 is 23.2 Å². The fourth-order valence-corrected chi connectivity index (χ4v) is 3.05. The van der Waals surface area contributed by atoms with Crippen molar-refractivity contribution >= 4 is 23.2 Å². The largest absolute Gasteiger partial charge is 0.327 e. The molecule has 0 fully saturated rings. The van der Waals surface area contributed by atoms with Crippen molar-refractivity contribution in [3.05, 3.63) is 70.4 Å². The van der Waals surface area contributed by atoms with Crippen molar-refractivity contribution in [2.75, 3.05) is 0 Å². The zero-order valence-corrected chi connectivity index (χ0v) is 14.1. The molecule has 0 saturated carbocycles. The molecular formula is C17H16Cl2N4. The molecule has 23 heavy (non-hydrogen) atoms. The molecule has 0 aliphatic rings. The highest BCUT2D eigenvalue weighted by Crippen LogP contribution is 2.33. The van der Waals surface area contributed by atoms with E-state index in [1.165, 1.54) is 0 Å². The molecule has 0 spiro atoms. The Balaban J connectivity index is 2.05. The Bertz CT molecular complexity index is 813. The Morgan fingerprint density at radius 2 is 2.00 bits per heavy atom. The van der Waals surface area contributed by atoms with Crippen LogP contribution in [0.25, 0.3) is 11.3 Å². The molecule has 1 aromatic carbocycles. The third-order valence-electron chi connectivity index (χ3n) is 3.55. The second-order valence-electron chi connectivity index (χ2n) is 5.34. The zero-order chi connectivity index (χ0) is 16.4. The fraction of sp³-hybridized carbons (Fsp3) is 0.176. The minimum Gasteiger partial charge on any atom is -0.327 e. The standard InChI is InChI=1S/C17H16Cl2N4/c1-11(20)17-16(14-6-5-12(18)8-15(14)19)22-10-23(17)9-13-4-2-3-7-21-13/h2-8,10-11H,9,20H2,1H3. The number of aromatic nitrogens is 3. The second kappa shape index (κ2) is 6.71. The summed E-state index contributed by atoms with van der Waals surface area (Å²) in [5, 5.41) is 1.15. The van der Waals surface area contributed by atoms with E-state index in [1.807, 2.05) is 35.8 Å². The highest BCUT2D eigenvalue weighted by atomic mass is 35.5. The van der Waals surface area contributed by atoms with Gasteiger partial charge in [-0.3, -0.25) is 4.98 Å². The number of pyridine rings is 1. The molecule has 118 valence electrons. The quantitative estimate of drug-likeness (QED) is 0.765. The van der Waals surface area contributed by atoms with Crippen LogP contribution in [0.3, 0.4) is 0 Å². The fourth-order valence-electron chi connectivity index (χ4n) is 2.55. The van der Waals surface area contributed by atoms with E-state index in [1.54, 1.807) is 24.7 Å². The molecular weight excluding hydrogens is 331 g/mol. The van der Waals surface area contributed by atoms with Gasteiger partial charge in [-0.1, -0.05) is 29.3 Å². The summed E-state index contributed by atoms with van der Waals surface area (Å²) in [6.45, 7) is 2.54. The number of nitrogens with two attached hydrogens (primary N) is 1. The first-order valence-corrected chi connectivity index (χ1v) is 7.98. The number of imidazole rings is 1. The van der Waals surface area contributed by atoms with Crippen molar-refractivity contribution in [2.24, 2.45) is 5.73 Å². The second-order valence-corrected chi connectivity index (χ2v) is 6.18. The number of benzene rings is 1. The SMILES string of the molecule is CC(N)c1c(-c2ccc(Cl)cc2Cl)ncn1Cc1ccccn1. The van der Waals surface area contributed by atoms with Gasteiger partial charge >= 0.3 is 0 Å². The highest BCUT2D eigenvalue weighted by Gasteiger charge is 2.18. The molecule has 1 unspecified atom stereocenters. The molecule has 3 rings (SSSR count). The van der Waals surface area contributed by atoms with E-state index in [-0.39, 0.29) is 6.04 Å². The normalized spacial score (nSPS) is 12.3. The first-order valence-electron chi connectivity index (χ1n) is 7.22. The molecule has 0 radical (unpaired) electrons. The Labute approximate surface area is 144 Å². The van der Waals surface area contributed by atoms with Crippen LogP contribution in [-0.2, 0) is 6.54 Å². The Kier molecular flexibility index (Phi) is 4.66. The lowest BCUT2D eigenvalue weighted by Gasteiger charge is -2.13. The van der Waals surface area contributed by atoms with Crippen molar-refractivity contribution in [3.8, 4) is 11.3 Å². The zero-order valence-electron chi connectivity index (χ0n) is 12.6. The van der Waals surface area contributed by atoms with Gasteiger partial charge in [0.2, 0.25) is 0 Å². The van der Waals surface area contributed by atoms with Gasteiger partial charge < -0.3 is 10.3 Å². The van der Waals surface area contributed by atoms with E-state index in [0.717, 1.165) is 22.6 Å². The lowest BCUT2D eigenvalue weighted by Crippen LogP contribution is -2.14. The maximum absolute atomic E-state index is 6.32. The van der Waals surface area contributed by atoms with Crippen LogP contribution in [0, 0.1) is 0 Å². The van der Waals surface area contributed by atoms with Crippen LogP contribution in [0.1, 0.15) is 24.4 Å². The lowest BCUT2D eigenvalue weighted by atomic mass is 10.1. The minimum atomic E-state index is -0.192. The average molecular weight is 347 g/mol. The number of rotatable bonds is 4. The van der Waals surface area contributed by atoms with Gasteiger partial charge in [0.05, 0.1) is 35.0 Å². The molecule has 1 atom stereocenters. The topological polar surface area (TPSA) is 56.7 Å². The Morgan fingerprint density at radius 1 is 1.17 bits per heavy atom. The molecule has 3 aromatic rings. The van der Waals surface area contributed by atoms with E-state index in [0.29, 0.717) is 16.6 Å². The molecule has 0 saturated heterocycles. The van der Waals surface area contributed by atoms with E-state index < -0.39 is 0 Å². The summed E-state index contributed by atoms with van der Waals surface area (Å²) in [6, 6.07) is 11.0. The van der Waals surface area contributed by atoms with Crippen molar-refractivity contribution < 1.29 is 0 Å². The third-order valence-corrected chi connectivity index (χ3v) is 4.10. The number of nitrogens with zero attached hydrogens (tertiary/aromatic N) is 3. The van der Waals surface area contributed by atoms with E-state index in [2.05, 4.69) is 9.97 Å². The van der Waals surface area contributed by atoms with Crippen molar-refractivity contribution in [1.29, 1.82) is 0 Å². The maximum Gasteiger partial charge on any atom is 0.0960 e. The summed E-state index contributed by atoms with van der Waals surface area (Å²) in [6.07, 6.45) is 3.54. The molecule has 2 N–H and O–H groups in total. The molecule has 2 aromatic heterocycles. The monoisotopic (exact) mass is 346 g/mol. The predicted octanol–water partition coefficient (Wildman–Crippen LogP) is 4.32. The van der Waals surface area contributed by atoms with Crippen LogP contribution in [0.5, 0.6) is 0 Å². The molecule has 0 aliphatic heterocycles. The van der Waals surface area contributed by atoms with Gasteiger partial charge in [0.15, 0.2) is 0 Å². The summed E-state index contributed by atoms with van der Waals surface area (Å²) in [5.41, 5.74) is 9.64. The van der Waals surface area contributed by atoms with Gasteiger partial charge in [-0.05, 0) is 37.3 Å². The first-order chi connectivity index (χ1) is 11.1. The minimum absolute atomic E-state index is 0.192. The molecule has 0 amide bonds. The van der Waals surface area contributed by atoms with Gasteiger partial charge in [0.25, 0.3) is 0 Å². The molecule has 4 nitrogen and oxygen atoms in total. The van der Waals surface area contributed by atoms with Gasteiger partial charge in [0.1, 0.15) is 0 Å². The van der Waals surface area contributed by atoms with E-state index in [4.69, 9.17) is 28.9 Å². The number of hydrogen-bond donors (Lipinski definition) is 1. The van der Waals surface area contributed by atoms with Crippen LogP contribution in [0.2, 0.25) is 10.0 Å². The summed E-state index contributed by atoms with van der Waals surface area (Å²) >= 11 is 12.3. The smallest absolute Gasteiger partial charge is 0.0960 e. The van der Waals surface area contributed by atoms with E-state index >= 15 is 0 Å².